The maximum atomic E-state index is 13.2. The normalized spacial score (nSPS) is 12.1. The minimum atomic E-state index is -4.67. The molecule has 6 nitrogen and oxygen atoms in total. The van der Waals surface area contributed by atoms with E-state index in [0.29, 0.717) is 28.5 Å². The molecular formula is C28H20ClF3N2O4S. The molecule has 5 rings (SSSR count). The van der Waals surface area contributed by atoms with Crippen LogP contribution in [0.2, 0.25) is 5.02 Å². The van der Waals surface area contributed by atoms with Crippen LogP contribution in [-0.4, -0.2) is 20.6 Å². The molecule has 200 valence electrons. The molecule has 1 amide bonds. The van der Waals surface area contributed by atoms with E-state index in [1.54, 1.807) is 12.1 Å². The van der Waals surface area contributed by atoms with Crippen LogP contribution in [0, 0.1) is 0 Å². The molecule has 0 saturated heterocycles. The van der Waals surface area contributed by atoms with Gasteiger partial charge in [0.1, 0.15) is 11.2 Å². The molecule has 0 aliphatic heterocycles. The van der Waals surface area contributed by atoms with Crippen LogP contribution in [0.5, 0.6) is 0 Å². The van der Waals surface area contributed by atoms with Crippen LogP contribution in [0.15, 0.2) is 89.3 Å². The van der Waals surface area contributed by atoms with E-state index in [-0.39, 0.29) is 17.3 Å². The van der Waals surface area contributed by atoms with E-state index >= 15 is 0 Å². The summed E-state index contributed by atoms with van der Waals surface area (Å²) in [4.78, 5) is 12.8. The van der Waals surface area contributed by atoms with Crippen LogP contribution in [0.25, 0.3) is 21.9 Å². The largest absolute Gasteiger partial charge is 0.456 e. The molecule has 0 aliphatic carbocycles. The highest BCUT2D eigenvalue weighted by Gasteiger charge is 2.32. The number of benzene rings is 4. The quantitative estimate of drug-likeness (QED) is 0.229. The average Bonchev–Trinajstić information content (AvgIpc) is 3.24. The minimum absolute atomic E-state index is 0.147. The Labute approximate surface area is 226 Å². The fourth-order valence-electron chi connectivity index (χ4n) is 4.20. The Kier molecular flexibility index (Phi) is 6.77. The molecule has 39 heavy (non-hydrogen) atoms. The van der Waals surface area contributed by atoms with Crippen molar-refractivity contribution in [3.63, 3.8) is 0 Å². The number of alkyl halides is 3. The van der Waals surface area contributed by atoms with Crippen LogP contribution in [0.4, 0.5) is 24.5 Å². The van der Waals surface area contributed by atoms with E-state index in [9.17, 15) is 26.4 Å². The number of furan rings is 1. The van der Waals surface area contributed by atoms with Gasteiger partial charge in [0.15, 0.2) is 0 Å². The molecule has 1 aromatic heterocycles. The molecule has 0 radical (unpaired) electrons. The van der Waals surface area contributed by atoms with Gasteiger partial charge in [-0.3, -0.25) is 9.10 Å². The molecule has 1 N–H and O–H groups in total. The highest BCUT2D eigenvalue weighted by Crippen LogP contribution is 2.37. The van der Waals surface area contributed by atoms with E-state index in [2.05, 4.69) is 5.32 Å². The van der Waals surface area contributed by atoms with E-state index < -0.39 is 27.7 Å². The zero-order valence-corrected chi connectivity index (χ0v) is 21.9. The summed E-state index contributed by atoms with van der Waals surface area (Å²) in [6.45, 7) is -0.287. The Balaban J connectivity index is 1.35. The van der Waals surface area contributed by atoms with Gasteiger partial charge >= 0.3 is 6.18 Å². The van der Waals surface area contributed by atoms with Gasteiger partial charge in [0.25, 0.3) is 5.91 Å². The second kappa shape index (κ2) is 9.94. The minimum Gasteiger partial charge on any atom is -0.456 e. The van der Waals surface area contributed by atoms with E-state index in [1.165, 1.54) is 24.3 Å². The van der Waals surface area contributed by atoms with Gasteiger partial charge in [-0.15, -0.1) is 0 Å². The monoisotopic (exact) mass is 572 g/mol. The van der Waals surface area contributed by atoms with Crippen LogP contribution < -0.4 is 9.62 Å². The summed E-state index contributed by atoms with van der Waals surface area (Å²) in [7, 11) is -4.00. The predicted octanol–water partition coefficient (Wildman–Crippen LogP) is 7.48. The van der Waals surface area contributed by atoms with Crippen molar-refractivity contribution in [3.05, 3.63) is 107 Å². The summed E-state index contributed by atoms with van der Waals surface area (Å²) in [5.41, 5.74) is 1.30. The molecule has 0 unspecified atom stereocenters. The number of sulfonamides is 1. The summed E-state index contributed by atoms with van der Waals surface area (Å²) in [5.74, 6) is -0.405. The lowest BCUT2D eigenvalue weighted by atomic mass is 10.1. The van der Waals surface area contributed by atoms with E-state index in [0.717, 1.165) is 39.0 Å². The molecule has 0 spiro atoms. The molecule has 0 saturated carbocycles. The number of nitrogens with one attached hydrogen (secondary N) is 1. The first-order valence-electron chi connectivity index (χ1n) is 11.6. The Hall–Kier alpha value is -4.02. The molecule has 4 aromatic carbocycles. The summed E-state index contributed by atoms with van der Waals surface area (Å²) >= 11 is 6.08. The second-order valence-corrected chi connectivity index (χ2v) is 11.2. The fraction of sp³-hybridized carbons (Fsp3) is 0.107. The lowest BCUT2D eigenvalue weighted by Crippen LogP contribution is -2.30. The molecule has 11 heteroatoms. The predicted molar refractivity (Wildman–Crippen MR) is 146 cm³/mol. The second-order valence-electron chi connectivity index (χ2n) is 8.89. The number of rotatable bonds is 6. The molecule has 0 aliphatic rings. The zero-order valence-electron chi connectivity index (χ0n) is 20.3. The third-order valence-electron chi connectivity index (χ3n) is 6.12. The number of amides is 1. The van der Waals surface area contributed by atoms with Crippen molar-refractivity contribution in [1.82, 2.24) is 0 Å². The molecule has 0 fully saturated rings. The summed E-state index contributed by atoms with van der Waals surface area (Å²) < 4.78 is 71.3. The van der Waals surface area contributed by atoms with Crippen molar-refractivity contribution < 1.29 is 30.8 Å². The van der Waals surface area contributed by atoms with Gasteiger partial charge in [-0.05, 0) is 54.1 Å². The number of anilines is 2. The van der Waals surface area contributed by atoms with Crippen molar-refractivity contribution in [1.29, 1.82) is 0 Å². The molecule has 0 bridgehead atoms. The number of carbonyl (C=O) groups excluding carboxylic acids is 1. The maximum Gasteiger partial charge on any atom is 0.416 e. The van der Waals surface area contributed by atoms with Gasteiger partial charge in [-0.25, -0.2) is 8.42 Å². The summed E-state index contributed by atoms with van der Waals surface area (Å²) in [5, 5.41) is 4.54. The van der Waals surface area contributed by atoms with Gasteiger partial charge in [0.2, 0.25) is 10.0 Å². The average molecular weight is 573 g/mol. The number of carbonyl (C=O) groups is 1. The van der Waals surface area contributed by atoms with Crippen molar-refractivity contribution in [2.45, 2.75) is 12.7 Å². The van der Waals surface area contributed by atoms with Gasteiger partial charge < -0.3 is 9.73 Å². The highest BCUT2D eigenvalue weighted by atomic mass is 35.5. The number of fused-ring (bicyclic) bond motifs is 3. The first-order chi connectivity index (χ1) is 18.4. The first kappa shape index (κ1) is 26.6. The third kappa shape index (κ3) is 5.57. The van der Waals surface area contributed by atoms with Gasteiger partial charge in [-0.1, -0.05) is 41.9 Å². The van der Waals surface area contributed by atoms with Crippen LogP contribution in [0.1, 0.15) is 21.5 Å². The highest BCUT2D eigenvalue weighted by molar-refractivity contribution is 7.92. The zero-order chi connectivity index (χ0) is 27.9. The van der Waals surface area contributed by atoms with Gasteiger partial charge in [0, 0.05) is 28.1 Å². The standard InChI is InChI=1S/C28H20ClF3N2O4S/c1-39(36,37)34(24-14-19(28(30,31)32)10-13-23(24)29)16-17-6-8-18(9-7-17)27(35)33-20-11-12-22-21-4-2-3-5-25(21)38-26(22)15-20/h2-15H,16H2,1H3,(H,33,35). The topological polar surface area (TPSA) is 79.6 Å². The van der Waals surface area contributed by atoms with Crippen LogP contribution in [-0.2, 0) is 22.7 Å². The van der Waals surface area contributed by atoms with E-state index in [4.69, 9.17) is 16.0 Å². The lowest BCUT2D eigenvalue weighted by molar-refractivity contribution is -0.137. The molecule has 1 heterocycles. The van der Waals surface area contributed by atoms with Crippen molar-refractivity contribution in [2.75, 3.05) is 15.9 Å². The van der Waals surface area contributed by atoms with Gasteiger partial charge in [0.05, 0.1) is 29.1 Å². The Morgan fingerprint density at radius 3 is 2.31 bits per heavy atom. The molecular weight excluding hydrogens is 553 g/mol. The maximum absolute atomic E-state index is 13.2. The first-order valence-corrected chi connectivity index (χ1v) is 13.8. The summed E-state index contributed by atoms with van der Waals surface area (Å²) in [6.07, 6.45) is -3.79. The molecule has 5 aromatic rings. The van der Waals surface area contributed by atoms with Crippen LogP contribution in [0.3, 0.4) is 0 Å². The Morgan fingerprint density at radius 1 is 0.923 bits per heavy atom. The number of para-hydroxylation sites is 1. The summed E-state index contributed by atoms with van der Waals surface area (Å²) in [6, 6.07) is 21.5. The lowest BCUT2D eigenvalue weighted by Gasteiger charge is -2.24. The van der Waals surface area contributed by atoms with Crippen LogP contribution >= 0.6 is 11.6 Å². The Morgan fingerprint density at radius 2 is 1.62 bits per heavy atom. The van der Waals surface area contributed by atoms with Crippen molar-refractivity contribution in [3.8, 4) is 0 Å². The van der Waals surface area contributed by atoms with Gasteiger partial charge in [-0.2, -0.15) is 13.2 Å². The van der Waals surface area contributed by atoms with Crippen molar-refractivity contribution >= 4 is 60.8 Å². The molecule has 0 atom stereocenters. The third-order valence-corrected chi connectivity index (χ3v) is 7.57. The fourth-order valence-corrected chi connectivity index (χ4v) is 5.36. The number of hydrogen-bond acceptors (Lipinski definition) is 4. The number of hydrogen-bond donors (Lipinski definition) is 1. The number of halogens is 4. The smallest absolute Gasteiger partial charge is 0.416 e. The number of nitrogens with zero attached hydrogens (tertiary/aromatic N) is 1. The van der Waals surface area contributed by atoms with E-state index in [1.807, 2.05) is 30.3 Å². The Bertz CT molecular complexity index is 1820. The van der Waals surface area contributed by atoms with Crippen molar-refractivity contribution in [2.24, 2.45) is 0 Å². The SMILES string of the molecule is CS(=O)(=O)N(Cc1ccc(C(=O)Nc2ccc3c(c2)oc2ccccc23)cc1)c1cc(C(F)(F)F)ccc1Cl.